The van der Waals surface area contributed by atoms with Crippen LogP contribution in [0.15, 0.2) is 54.6 Å². The summed E-state index contributed by atoms with van der Waals surface area (Å²) in [5.74, 6) is 2.12. The molecule has 2 saturated heterocycles. The SMILES string of the molecule is CCOCCn1c(NC2CCN(CCC3(c4ccc(Cl)c(Cl)c4)CCCN(C(=O)c4cc(C)c(OC)c(OC)c4)C3)CC2)nc2ccccc21.O. The highest BCUT2D eigenvalue weighted by molar-refractivity contribution is 6.42. The van der Waals surface area contributed by atoms with Crippen molar-refractivity contribution in [1.82, 2.24) is 19.4 Å². The van der Waals surface area contributed by atoms with Crippen LogP contribution in [0.1, 0.15) is 60.5 Å². The second kappa shape index (κ2) is 17.3. The summed E-state index contributed by atoms with van der Waals surface area (Å²) in [6.45, 7) is 10.3. The van der Waals surface area contributed by atoms with Gasteiger partial charge in [0.05, 0.1) is 41.9 Å². The van der Waals surface area contributed by atoms with Gasteiger partial charge in [-0.3, -0.25) is 4.79 Å². The molecule has 0 radical (unpaired) electrons. The quantitative estimate of drug-likeness (QED) is 0.147. The highest BCUT2D eigenvalue weighted by atomic mass is 35.5. The van der Waals surface area contributed by atoms with Gasteiger partial charge in [0, 0.05) is 56.4 Å². The molecule has 276 valence electrons. The molecule has 10 nitrogen and oxygen atoms in total. The summed E-state index contributed by atoms with van der Waals surface area (Å²) in [6.07, 6.45) is 4.82. The number of carbonyl (C=O) groups is 1. The van der Waals surface area contributed by atoms with Crippen molar-refractivity contribution < 1.29 is 24.5 Å². The van der Waals surface area contributed by atoms with Crippen LogP contribution < -0.4 is 14.8 Å². The molecule has 1 atom stereocenters. The number of imidazole rings is 1. The first-order chi connectivity index (χ1) is 24.2. The van der Waals surface area contributed by atoms with Gasteiger partial charge in [-0.1, -0.05) is 41.4 Å². The molecule has 3 heterocycles. The smallest absolute Gasteiger partial charge is 0.254 e. The first kappa shape index (κ1) is 38.7. The number of rotatable bonds is 13. The average molecular weight is 741 g/mol. The highest BCUT2D eigenvalue weighted by Crippen LogP contribution is 2.41. The van der Waals surface area contributed by atoms with Gasteiger partial charge < -0.3 is 39.4 Å². The summed E-state index contributed by atoms with van der Waals surface area (Å²) in [6, 6.07) is 18.3. The predicted molar refractivity (Wildman–Crippen MR) is 205 cm³/mol. The van der Waals surface area contributed by atoms with Crippen LogP contribution in [0.3, 0.4) is 0 Å². The van der Waals surface area contributed by atoms with E-state index >= 15 is 0 Å². The minimum atomic E-state index is -0.256. The van der Waals surface area contributed by atoms with Crippen LogP contribution in [0, 0.1) is 6.92 Å². The van der Waals surface area contributed by atoms with Crippen molar-refractivity contribution in [2.24, 2.45) is 0 Å². The molecule has 0 saturated carbocycles. The van der Waals surface area contributed by atoms with Crippen molar-refractivity contribution in [3.63, 3.8) is 0 Å². The molecule has 0 spiro atoms. The number of nitrogens with one attached hydrogen (secondary N) is 1. The minimum Gasteiger partial charge on any atom is -0.493 e. The number of ether oxygens (including phenoxy) is 3. The van der Waals surface area contributed by atoms with E-state index in [2.05, 4.69) is 39.0 Å². The Hall–Kier alpha value is -3.54. The fraction of sp³-hybridized carbons (Fsp3) is 0.487. The molecular weight excluding hydrogens is 689 g/mol. The molecule has 4 aromatic rings. The number of carbonyl (C=O) groups excluding carboxylic acids is 1. The Kier molecular flexibility index (Phi) is 13.1. The van der Waals surface area contributed by atoms with Crippen LogP contribution in [0.2, 0.25) is 10.0 Å². The van der Waals surface area contributed by atoms with Gasteiger partial charge in [0.15, 0.2) is 11.5 Å². The number of hydrogen-bond acceptors (Lipinski definition) is 7. The number of anilines is 1. The molecule has 51 heavy (non-hydrogen) atoms. The number of amides is 1. The van der Waals surface area contributed by atoms with E-state index in [0.29, 0.717) is 59.5 Å². The zero-order valence-corrected chi connectivity index (χ0v) is 31.7. The van der Waals surface area contributed by atoms with Gasteiger partial charge in [0.1, 0.15) is 0 Å². The highest BCUT2D eigenvalue weighted by Gasteiger charge is 2.40. The van der Waals surface area contributed by atoms with Gasteiger partial charge in [-0.2, -0.15) is 0 Å². The molecule has 2 fully saturated rings. The van der Waals surface area contributed by atoms with E-state index in [9.17, 15) is 4.79 Å². The van der Waals surface area contributed by atoms with Crippen molar-refractivity contribution in [3.8, 4) is 11.5 Å². The van der Waals surface area contributed by atoms with Crippen LogP contribution in [0.25, 0.3) is 11.0 Å². The molecule has 1 aromatic heterocycles. The molecular formula is C39H51Cl2N5O5. The summed E-state index contributed by atoms with van der Waals surface area (Å²) in [7, 11) is 3.21. The number of aromatic nitrogens is 2. The van der Waals surface area contributed by atoms with Crippen molar-refractivity contribution >= 4 is 46.1 Å². The normalized spacial score (nSPS) is 18.4. The lowest BCUT2D eigenvalue weighted by Crippen LogP contribution is -2.50. The van der Waals surface area contributed by atoms with Crippen molar-refractivity contribution in [2.45, 2.75) is 64.0 Å². The van der Waals surface area contributed by atoms with Gasteiger partial charge in [-0.05, 0) is 100 Å². The van der Waals surface area contributed by atoms with Gasteiger partial charge in [0.25, 0.3) is 5.91 Å². The van der Waals surface area contributed by atoms with Crippen LogP contribution in [0.5, 0.6) is 11.5 Å². The lowest BCUT2D eigenvalue weighted by atomic mass is 9.71. The molecule has 1 amide bonds. The Bertz CT molecular complexity index is 1790. The molecule has 6 rings (SSSR count). The number of nitrogens with zero attached hydrogens (tertiary/aromatic N) is 4. The van der Waals surface area contributed by atoms with E-state index in [1.165, 1.54) is 0 Å². The Morgan fingerprint density at radius 3 is 2.51 bits per heavy atom. The van der Waals surface area contributed by atoms with Crippen molar-refractivity contribution in [1.29, 1.82) is 0 Å². The largest absolute Gasteiger partial charge is 0.493 e. The van der Waals surface area contributed by atoms with Crippen molar-refractivity contribution in [2.75, 3.05) is 65.5 Å². The van der Waals surface area contributed by atoms with E-state index in [0.717, 1.165) is 86.4 Å². The fourth-order valence-electron chi connectivity index (χ4n) is 7.74. The first-order valence-electron chi connectivity index (χ1n) is 17.7. The van der Waals surface area contributed by atoms with Crippen molar-refractivity contribution in [3.05, 3.63) is 81.3 Å². The Labute approximate surface area is 311 Å². The first-order valence-corrected chi connectivity index (χ1v) is 18.5. The van der Waals surface area contributed by atoms with Crippen LogP contribution >= 0.6 is 23.2 Å². The second-order valence-corrected chi connectivity index (χ2v) is 14.4. The van der Waals surface area contributed by atoms with E-state index < -0.39 is 0 Å². The summed E-state index contributed by atoms with van der Waals surface area (Å²) in [5.41, 5.74) is 4.47. The lowest BCUT2D eigenvalue weighted by molar-refractivity contribution is 0.0607. The number of aryl methyl sites for hydroxylation is 1. The molecule has 12 heteroatoms. The molecule has 2 aliphatic rings. The summed E-state index contributed by atoms with van der Waals surface area (Å²) in [4.78, 5) is 23.6. The average Bonchev–Trinajstić information content (AvgIpc) is 3.48. The summed E-state index contributed by atoms with van der Waals surface area (Å²) < 4.78 is 19.0. The van der Waals surface area contributed by atoms with Gasteiger partial charge in [-0.15, -0.1) is 0 Å². The number of para-hydroxylation sites is 2. The van der Waals surface area contributed by atoms with E-state index in [4.69, 9.17) is 42.4 Å². The fourth-order valence-corrected chi connectivity index (χ4v) is 8.04. The number of halogens is 2. The van der Waals surface area contributed by atoms with Gasteiger partial charge in [0.2, 0.25) is 5.95 Å². The summed E-state index contributed by atoms with van der Waals surface area (Å²) in [5, 5.41) is 4.85. The van der Waals surface area contributed by atoms with E-state index in [-0.39, 0.29) is 16.8 Å². The second-order valence-electron chi connectivity index (χ2n) is 13.6. The van der Waals surface area contributed by atoms with Crippen LogP contribution in [0.4, 0.5) is 5.95 Å². The number of hydrogen-bond donors (Lipinski definition) is 1. The van der Waals surface area contributed by atoms with Crippen LogP contribution in [-0.4, -0.2) is 96.9 Å². The topological polar surface area (TPSA) is 113 Å². The number of methoxy groups -OCH3 is 2. The molecule has 3 N–H and O–H groups in total. The van der Waals surface area contributed by atoms with Gasteiger partial charge in [-0.25, -0.2) is 4.98 Å². The van der Waals surface area contributed by atoms with E-state index in [1.807, 2.05) is 43.0 Å². The number of benzene rings is 3. The third kappa shape index (κ3) is 8.58. The maximum Gasteiger partial charge on any atom is 0.254 e. The van der Waals surface area contributed by atoms with Gasteiger partial charge >= 0.3 is 0 Å². The van der Waals surface area contributed by atoms with E-state index in [1.54, 1.807) is 20.3 Å². The Balaban J connectivity index is 0.00000504. The number of piperidine rings is 2. The molecule has 3 aromatic carbocycles. The Morgan fingerprint density at radius 1 is 1.00 bits per heavy atom. The summed E-state index contributed by atoms with van der Waals surface area (Å²) >= 11 is 13.0. The number of fused-ring (bicyclic) bond motifs is 1. The maximum atomic E-state index is 14.1. The third-order valence-corrected chi connectivity index (χ3v) is 11.2. The monoisotopic (exact) mass is 739 g/mol. The standard InChI is InChI=1S/C39H49Cl2N5O4.H2O/c1-5-50-22-21-46-34-10-7-6-9-33(34)43-38(46)42-30-13-18-44(19-14-30)20-16-39(29-11-12-31(40)32(41)25-29)15-8-17-45(26-39)37(47)28-23-27(2)36(49-4)35(24-28)48-3;/h6-7,9-12,23-25,30H,5,8,13-22,26H2,1-4H3,(H,42,43);1H2. The molecule has 1 unspecified atom stereocenters. The Morgan fingerprint density at radius 2 is 1.78 bits per heavy atom. The molecule has 2 aliphatic heterocycles. The zero-order chi connectivity index (χ0) is 35.3. The molecule has 0 aliphatic carbocycles. The molecule has 0 bridgehead atoms. The lowest BCUT2D eigenvalue weighted by Gasteiger charge is -2.45. The predicted octanol–water partition coefficient (Wildman–Crippen LogP) is 7.02. The third-order valence-electron chi connectivity index (χ3n) is 10.5. The maximum absolute atomic E-state index is 14.1. The minimum absolute atomic E-state index is 0. The zero-order valence-electron chi connectivity index (χ0n) is 30.1. The number of likely N-dealkylation sites (tertiary alicyclic amines) is 2. The van der Waals surface area contributed by atoms with Crippen LogP contribution in [-0.2, 0) is 16.7 Å².